The van der Waals surface area contributed by atoms with Crippen LogP contribution in [-0.4, -0.2) is 16.3 Å². The maximum Gasteiger partial charge on any atom is 0.0662 e. The van der Waals surface area contributed by atoms with Crippen LogP contribution in [0.2, 0.25) is 0 Å². The van der Waals surface area contributed by atoms with Crippen LogP contribution in [0.3, 0.4) is 0 Å². The minimum atomic E-state index is 0.672. The Bertz CT molecular complexity index is 701. The van der Waals surface area contributed by atoms with Crippen LogP contribution < -0.4 is 5.73 Å². The van der Waals surface area contributed by atoms with E-state index in [2.05, 4.69) is 47.7 Å². The standard InChI is InChI=1S/C18H19N3/c19-11-10-16-8-4-5-9-17(16)13-21-14-18(12-20-21)15-6-2-1-3-7-15/h1-9,12,14H,10-11,13,19H2. The quantitative estimate of drug-likeness (QED) is 0.778. The second-order valence-corrected chi connectivity index (χ2v) is 5.10. The molecule has 2 N–H and O–H groups in total. The van der Waals surface area contributed by atoms with Gasteiger partial charge in [-0.1, -0.05) is 54.6 Å². The molecule has 0 atom stereocenters. The maximum absolute atomic E-state index is 5.68. The molecule has 106 valence electrons. The summed E-state index contributed by atoms with van der Waals surface area (Å²) >= 11 is 0. The number of aromatic nitrogens is 2. The summed E-state index contributed by atoms with van der Waals surface area (Å²) in [5, 5.41) is 4.47. The zero-order valence-electron chi connectivity index (χ0n) is 11.9. The zero-order valence-corrected chi connectivity index (χ0v) is 11.9. The normalized spacial score (nSPS) is 10.7. The molecule has 0 unspecified atom stereocenters. The number of nitrogens with zero attached hydrogens (tertiary/aromatic N) is 2. The molecule has 0 amide bonds. The molecule has 3 aromatic rings. The highest BCUT2D eigenvalue weighted by atomic mass is 15.3. The fourth-order valence-electron chi connectivity index (χ4n) is 2.52. The number of nitrogens with two attached hydrogens (primary N) is 1. The van der Waals surface area contributed by atoms with Crippen molar-refractivity contribution in [2.24, 2.45) is 5.73 Å². The first-order valence-corrected chi connectivity index (χ1v) is 7.21. The molecule has 1 heterocycles. The van der Waals surface area contributed by atoms with E-state index in [1.165, 1.54) is 16.7 Å². The summed E-state index contributed by atoms with van der Waals surface area (Å²) < 4.78 is 1.98. The van der Waals surface area contributed by atoms with E-state index in [0.717, 1.165) is 18.5 Å². The van der Waals surface area contributed by atoms with Crippen LogP contribution in [0.1, 0.15) is 11.1 Å². The van der Waals surface area contributed by atoms with Gasteiger partial charge in [-0.25, -0.2) is 0 Å². The van der Waals surface area contributed by atoms with E-state index in [0.29, 0.717) is 6.54 Å². The van der Waals surface area contributed by atoms with Crippen molar-refractivity contribution in [2.45, 2.75) is 13.0 Å². The van der Waals surface area contributed by atoms with Crippen molar-refractivity contribution in [1.29, 1.82) is 0 Å². The minimum Gasteiger partial charge on any atom is -0.330 e. The lowest BCUT2D eigenvalue weighted by Gasteiger charge is -2.08. The van der Waals surface area contributed by atoms with Gasteiger partial charge in [0, 0.05) is 11.8 Å². The van der Waals surface area contributed by atoms with Crippen molar-refractivity contribution in [3.05, 3.63) is 78.1 Å². The maximum atomic E-state index is 5.68. The van der Waals surface area contributed by atoms with Gasteiger partial charge in [-0.15, -0.1) is 0 Å². The molecule has 3 nitrogen and oxygen atoms in total. The summed E-state index contributed by atoms with van der Waals surface area (Å²) in [5.41, 5.74) is 10.6. The van der Waals surface area contributed by atoms with Crippen molar-refractivity contribution in [3.8, 4) is 11.1 Å². The predicted molar refractivity (Wildman–Crippen MR) is 86.0 cm³/mol. The molecule has 2 aromatic carbocycles. The summed E-state index contributed by atoms with van der Waals surface area (Å²) in [7, 11) is 0. The first kappa shape index (κ1) is 13.6. The van der Waals surface area contributed by atoms with E-state index in [1.54, 1.807) is 0 Å². The summed E-state index contributed by atoms with van der Waals surface area (Å²) in [6, 6.07) is 18.7. The molecule has 3 rings (SSSR count). The Hall–Kier alpha value is -2.39. The third-order valence-corrected chi connectivity index (χ3v) is 3.60. The van der Waals surface area contributed by atoms with Crippen LogP contribution in [0, 0.1) is 0 Å². The summed E-state index contributed by atoms with van der Waals surface area (Å²) in [6.07, 6.45) is 4.92. The smallest absolute Gasteiger partial charge is 0.0662 e. The first-order valence-electron chi connectivity index (χ1n) is 7.21. The zero-order chi connectivity index (χ0) is 14.5. The Morgan fingerprint density at radius 1 is 0.857 bits per heavy atom. The molecule has 0 aliphatic rings. The molecule has 0 spiro atoms. The molecule has 0 radical (unpaired) electrons. The molecule has 0 saturated carbocycles. The van der Waals surface area contributed by atoms with Crippen molar-refractivity contribution < 1.29 is 0 Å². The van der Waals surface area contributed by atoms with Gasteiger partial charge in [0.15, 0.2) is 0 Å². The number of hydrogen-bond donors (Lipinski definition) is 1. The lowest BCUT2D eigenvalue weighted by Crippen LogP contribution is -2.08. The van der Waals surface area contributed by atoms with Crippen LogP contribution in [0.25, 0.3) is 11.1 Å². The monoisotopic (exact) mass is 277 g/mol. The van der Waals surface area contributed by atoms with Gasteiger partial charge >= 0.3 is 0 Å². The molecular weight excluding hydrogens is 258 g/mol. The van der Waals surface area contributed by atoms with Gasteiger partial charge in [-0.2, -0.15) is 5.10 Å². The van der Waals surface area contributed by atoms with Crippen LogP contribution in [0.5, 0.6) is 0 Å². The minimum absolute atomic E-state index is 0.672. The third kappa shape index (κ3) is 3.20. The summed E-state index contributed by atoms with van der Waals surface area (Å²) in [6.45, 7) is 1.45. The Morgan fingerprint density at radius 2 is 1.57 bits per heavy atom. The predicted octanol–water partition coefficient (Wildman–Crippen LogP) is 3.10. The van der Waals surface area contributed by atoms with Crippen molar-refractivity contribution in [2.75, 3.05) is 6.54 Å². The van der Waals surface area contributed by atoms with E-state index in [4.69, 9.17) is 5.73 Å². The molecule has 1 aromatic heterocycles. The third-order valence-electron chi connectivity index (χ3n) is 3.60. The lowest BCUT2D eigenvalue weighted by molar-refractivity contribution is 0.680. The van der Waals surface area contributed by atoms with Crippen LogP contribution in [0.4, 0.5) is 0 Å². The Morgan fingerprint density at radius 3 is 2.33 bits per heavy atom. The molecule has 0 saturated heterocycles. The second-order valence-electron chi connectivity index (χ2n) is 5.10. The van der Waals surface area contributed by atoms with Crippen LogP contribution >= 0.6 is 0 Å². The second kappa shape index (κ2) is 6.37. The molecule has 0 aliphatic carbocycles. The fourth-order valence-corrected chi connectivity index (χ4v) is 2.52. The van der Waals surface area contributed by atoms with Gasteiger partial charge in [-0.05, 0) is 29.7 Å². The number of rotatable bonds is 5. The Kier molecular flexibility index (Phi) is 4.12. The summed E-state index contributed by atoms with van der Waals surface area (Å²) in [4.78, 5) is 0. The average molecular weight is 277 g/mol. The highest BCUT2D eigenvalue weighted by molar-refractivity contribution is 5.61. The average Bonchev–Trinajstić information content (AvgIpc) is 2.99. The van der Waals surface area contributed by atoms with Gasteiger partial charge in [0.2, 0.25) is 0 Å². The molecule has 21 heavy (non-hydrogen) atoms. The Labute approximate surface area is 125 Å². The fraction of sp³-hybridized carbons (Fsp3) is 0.167. The largest absolute Gasteiger partial charge is 0.330 e. The molecule has 3 heteroatoms. The van der Waals surface area contributed by atoms with Crippen molar-refractivity contribution in [1.82, 2.24) is 9.78 Å². The Balaban J connectivity index is 1.82. The molecule has 0 fully saturated rings. The van der Waals surface area contributed by atoms with E-state index in [1.807, 2.05) is 29.1 Å². The van der Waals surface area contributed by atoms with Crippen molar-refractivity contribution in [3.63, 3.8) is 0 Å². The van der Waals surface area contributed by atoms with E-state index in [9.17, 15) is 0 Å². The highest BCUT2D eigenvalue weighted by Gasteiger charge is 2.05. The first-order chi connectivity index (χ1) is 10.4. The van der Waals surface area contributed by atoms with Crippen LogP contribution in [0.15, 0.2) is 67.0 Å². The van der Waals surface area contributed by atoms with E-state index >= 15 is 0 Å². The molecular formula is C18H19N3. The van der Waals surface area contributed by atoms with E-state index < -0.39 is 0 Å². The topological polar surface area (TPSA) is 43.8 Å². The van der Waals surface area contributed by atoms with Gasteiger partial charge in [0.25, 0.3) is 0 Å². The van der Waals surface area contributed by atoms with Crippen LogP contribution in [-0.2, 0) is 13.0 Å². The molecule has 0 aliphatic heterocycles. The lowest BCUT2D eigenvalue weighted by atomic mass is 10.0. The number of benzene rings is 2. The number of hydrogen-bond acceptors (Lipinski definition) is 2. The van der Waals surface area contributed by atoms with E-state index in [-0.39, 0.29) is 0 Å². The van der Waals surface area contributed by atoms with Crippen molar-refractivity contribution >= 4 is 0 Å². The highest BCUT2D eigenvalue weighted by Crippen LogP contribution is 2.18. The molecule has 0 bridgehead atoms. The van der Waals surface area contributed by atoms with Gasteiger partial charge in [-0.3, -0.25) is 4.68 Å². The van der Waals surface area contributed by atoms with Gasteiger partial charge in [0.1, 0.15) is 0 Å². The van der Waals surface area contributed by atoms with Gasteiger partial charge < -0.3 is 5.73 Å². The summed E-state index contributed by atoms with van der Waals surface area (Å²) in [5.74, 6) is 0. The van der Waals surface area contributed by atoms with Gasteiger partial charge in [0.05, 0.1) is 12.7 Å². The SMILES string of the molecule is NCCc1ccccc1Cn1cc(-c2ccccc2)cn1.